The minimum Gasteiger partial charge on any atom is -0.494 e. The van der Waals surface area contributed by atoms with Crippen molar-refractivity contribution >= 4 is 5.78 Å². The number of carbonyl (C=O) groups is 1. The molecule has 0 amide bonds. The summed E-state index contributed by atoms with van der Waals surface area (Å²) in [4.78, 5) is 11.0. The van der Waals surface area contributed by atoms with Crippen molar-refractivity contribution in [2.45, 2.75) is 32.6 Å². The Morgan fingerprint density at radius 1 is 1.20 bits per heavy atom. The molecular weight excluding hydrogens is 188 g/mol. The Balaban J connectivity index is 2.05. The average molecular weight is 206 g/mol. The molecule has 0 aromatic heterocycles. The lowest BCUT2D eigenvalue weighted by Gasteiger charge is -2.04. The normalized spacial score (nSPS) is 9.93. The van der Waals surface area contributed by atoms with E-state index in [1.165, 1.54) is 0 Å². The molecule has 2 heteroatoms. The molecule has 1 aromatic carbocycles. The summed E-state index contributed by atoms with van der Waals surface area (Å²) < 4.78 is 5.51. The third-order valence-electron chi connectivity index (χ3n) is 2.26. The van der Waals surface area contributed by atoms with E-state index in [9.17, 15) is 4.79 Å². The maximum absolute atomic E-state index is 11.0. The van der Waals surface area contributed by atoms with E-state index in [1.807, 2.05) is 37.3 Å². The SMILES string of the molecule is CCC(=O)CCCCOc1ccccc1. The predicted octanol–water partition coefficient (Wildman–Crippen LogP) is 3.21. The molecule has 0 radical (unpaired) electrons. The highest BCUT2D eigenvalue weighted by molar-refractivity contribution is 5.77. The molecule has 0 saturated carbocycles. The molecule has 0 N–H and O–H groups in total. The molecule has 0 fully saturated rings. The van der Waals surface area contributed by atoms with Crippen molar-refractivity contribution in [2.75, 3.05) is 6.61 Å². The molecule has 0 atom stereocenters. The van der Waals surface area contributed by atoms with Gasteiger partial charge in [0.1, 0.15) is 11.5 Å². The van der Waals surface area contributed by atoms with Gasteiger partial charge in [0.15, 0.2) is 0 Å². The van der Waals surface area contributed by atoms with E-state index >= 15 is 0 Å². The Morgan fingerprint density at radius 3 is 2.60 bits per heavy atom. The van der Waals surface area contributed by atoms with Gasteiger partial charge >= 0.3 is 0 Å². The summed E-state index contributed by atoms with van der Waals surface area (Å²) in [7, 11) is 0. The van der Waals surface area contributed by atoms with Crippen LogP contribution in [-0.2, 0) is 4.79 Å². The molecular formula is C13H18O2. The summed E-state index contributed by atoms with van der Waals surface area (Å²) >= 11 is 0. The summed E-state index contributed by atoms with van der Waals surface area (Å²) in [6.45, 7) is 2.60. The maximum Gasteiger partial charge on any atom is 0.132 e. The molecule has 15 heavy (non-hydrogen) atoms. The lowest BCUT2D eigenvalue weighted by atomic mass is 10.1. The van der Waals surface area contributed by atoms with Gasteiger partial charge in [0, 0.05) is 12.8 Å². The predicted molar refractivity (Wildman–Crippen MR) is 61.1 cm³/mol. The van der Waals surface area contributed by atoms with Gasteiger partial charge in [-0.25, -0.2) is 0 Å². The fraction of sp³-hybridized carbons (Fsp3) is 0.462. The molecule has 0 heterocycles. The van der Waals surface area contributed by atoms with Gasteiger partial charge in [0.2, 0.25) is 0 Å². The first-order valence-corrected chi connectivity index (χ1v) is 5.52. The van der Waals surface area contributed by atoms with Gasteiger partial charge in [0.05, 0.1) is 6.61 Å². The molecule has 1 rings (SSSR count). The second-order valence-corrected chi connectivity index (χ2v) is 3.51. The number of benzene rings is 1. The van der Waals surface area contributed by atoms with Crippen molar-refractivity contribution in [3.8, 4) is 5.75 Å². The van der Waals surface area contributed by atoms with Crippen molar-refractivity contribution in [2.24, 2.45) is 0 Å². The second-order valence-electron chi connectivity index (χ2n) is 3.51. The van der Waals surface area contributed by atoms with Crippen LogP contribution in [0.5, 0.6) is 5.75 Å². The van der Waals surface area contributed by atoms with Crippen molar-refractivity contribution in [1.82, 2.24) is 0 Å². The summed E-state index contributed by atoms with van der Waals surface area (Å²) in [6.07, 6.45) is 3.22. The van der Waals surface area contributed by atoms with E-state index in [2.05, 4.69) is 0 Å². The van der Waals surface area contributed by atoms with Gasteiger partial charge in [-0.05, 0) is 25.0 Å². The molecule has 0 saturated heterocycles. The molecule has 0 aliphatic carbocycles. The summed E-state index contributed by atoms with van der Waals surface area (Å²) in [5, 5.41) is 0. The second kappa shape index (κ2) is 7.04. The van der Waals surface area contributed by atoms with Gasteiger partial charge in [-0.15, -0.1) is 0 Å². The number of ether oxygens (including phenoxy) is 1. The first-order valence-electron chi connectivity index (χ1n) is 5.52. The van der Waals surface area contributed by atoms with Gasteiger partial charge < -0.3 is 4.74 Å². The molecule has 0 unspecified atom stereocenters. The van der Waals surface area contributed by atoms with Gasteiger partial charge in [-0.2, -0.15) is 0 Å². The molecule has 0 bridgehead atoms. The zero-order chi connectivity index (χ0) is 10.9. The zero-order valence-electron chi connectivity index (χ0n) is 9.24. The molecule has 82 valence electrons. The molecule has 1 aromatic rings. The lowest BCUT2D eigenvalue weighted by Crippen LogP contribution is -2.00. The third kappa shape index (κ3) is 5.21. The van der Waals surface area contributed by atoms with Crippen LogP contribution >= 0.6 is 0 Å². The van der Waals surface area contributed by atoms with Crippen LogP contribution in [0.15, 0.2) is 30.3 Å². The number of Topliss-reactive ketones (excluding diaryl/α,β-unsaturated/α-hetero) is 1. The summed E-state index contributed by atoms with van der Waals surface area (Å²) in [5.74, 6) is 1.24. The Bertz CT molecular complexity index is 280. The van der Waals surface area contributed by atoms with Gasteiger partial charge in [0.25, 0.3) is 0 Å². The van der Waals surface area contributed by atoms with Crippen LogP contribution < -0.4 is 4.74 Å². The Labute approximate surface area is 91.3 Å². The number of hydrogen-bond acceptors (Lipinski definition) is 2. The Hall–Kier alpha value is -1.31. The number of para-hydroxylation sites is 1. The van der Waals surface area contributed by atoms with Crippen LogP contribution in [0.4, 0.5) is 0 Å². The first kappa shape index (κ1) is 11.8. The van der Waals surface area contributed by atoms with E-state index in [0.717, 1.165) is 18.6 Å². The molecule has 2 nitrogen and oxygen atoms in total. The summed E-state index contributed by atoms with van der Waals surface area (Å²) in [6, 6.07) is 9.76. The summed E-state index contributed by atoms with van der Waals surface area (Å²) in [5.41, 5.74) is 0. The smallest absolute Gasteiger partial charge is 0.132 e. The molecule has 0 spiro atoms. The number of hydrogen-bond donors (Lipinski definition) is 0. The quantitative estimate of drug-likeness (QED) is 0.640. The molecule has 0 aliphatic rings. The topological polar surface area (TPSA) is 26.3 Å². The van der Waals surface area contributed by atoms with Gasteiger partial charge in [-0.3, -0.25) is 4.79 Å². The van der Waals surface area contributed by atoms with Crippen molar-refractivity contribution in [3.05, 3.63) is 30.3 Å². The highest BCUT2D eigenvalue weighted by atomic mass is 16.5. The standard InChI is InChI=1S/C13H18O2/c1-2-12(14)8-6-7-11-15-13-9-4-3-5-10-13/h3-5,9-10H,2,6-8,11H2,1H3. The fourth-order valence-electron chi connectivity index (χ4n) is 1.31. The average Bonchev–Trinajstić information content (AvgIpc) is 2.29. The van der Waals surface area contributed by atoms with Crippen molar-refractivity contribution < 1.29 is 9.53 Å². The van der Waals surface area contributed by atoms with Crippen molar-refractivity contribution in [3.63, 3.8) is 0 Å². The maximum atomic E-state index is 11.0. The number of carbonyl (C=O) groups excluding carboxylic acids is 1. The van der Waals surface area contributed by atoms with Crippen molar-refractivity contribution in [1.29, 1.82) is 0 Å². The largest absolute Gasteiger partial charge is 0.494 e. The number of rotatable bonds is 7. The van der Waals surface area contributed by atoms with Crippen LogP contribution in [-0.4, -0.2) is 12.4 Å². The highest BCUT2D eigenvalue weighted by Crippen LogP contribution is 2.09. The zero-order valence-corrected chi connectivity index (χ0v) is 9.24. The van der Waals surface area contributed by atoms with E-state index in [-0.39, 0.29) is 0 Å². The van der Waals surface area contributed by atoms with Crippen LogP contribution in [0.3, 0.4) is 0 Å². The van der Waals surface area contributed by atoms with Crippen LogP contribution in [0.25, 0.3) is 0 Å². The van der Waals surface area contributed by atoms with E-state index in [0.29, 0.717) is 25.2 Å². The number of unbranched alkanes of at least 4 members (excludes halogenated alkanes) is 1. The monoisotopic (exact) mass is 206 g/mol. The first-order chi connectivity index (χ1) is 7.33. The number of ketones is 1. The minimum atomic E-state index is 0.342. The van der Waals surface area contributed by atoms with E-state index in [1.54, 1.807) is 0 Å². The molecule has 0 aliphatic heterocycles. The van der Waals surface area contributed by atoms with E-state index in [4.69, 9.17) is 4.74 Å². The van der Waals surface area contributed by atoms with Gasteiger partial charge in [-0.1, -0.05) is 25.1 Å². The van der Waals surface area contributed by atoms with E-state index < -0.39 is 0 Å². The highest BCUT2D eigenvalue weighted by Gasteiger charge is 1.97. The lowest BCUT2D eigenvalue weighted by molar-refractivity contribution is -0.118. The Morgan fingerprint density at radius 2 is 1.93 bits per heavy atom. The third-order valence-corrected chi connectivity index (χ3v) is 2.26. The van der Waals surface area contributed by atoms with Crippen LogP contribution in [0.1, 0.15) is 32.6 Å². The fourth-order valence-corrected chi connectivity index (χ4v) is 1.31. The minimum absolute atomic E-state index is 0.342. The Kier molecular flexibility index (Phi) is 5.52. The van der Waals surface area contributed by atoms with Crippen LogP contribution in [0, 0.1) is 0 Å². The van der Waals surface area contributed by atoms with Crippen LogP contribution in [0.2, 0.25) is 0 Å².